The molecule has 284 valence electrons. The second-order valence-electron chi connectivity index (χ2n) is 13.2. The third kappa shape index (κ3) is 8.92. The van der Waals surface area contributed by atoms with Gasteiger partial charge in [-0.3, -0.25) is 18.2 Å². The molecule has 0 saturated carbocycles. The van der Waals surface area contributed by atoms with Crippen LogP contribution in [-0.4, -0.2) is 86.8 Å². The lowest BCUT2D eigenvalue weighted by atomic mass is 9.81. The summed E-state index contributed by atoms with van der Waals surface area (Å²) >= 11 is 1.82. The van der Waals surface area contributed by atoms with E-state index < -0.39 is 73.5 Å². The molecule has 52 heavy (non-hydrogen) atoms. The van der Waals surface area contributed by atoms with E-state index in [1.807, 2.05) is 22.6 Å². The first-order valence-corrected chi connectivity index (χ1v) is 22.4. The summed E-state index contributed by atoms with van der Waals surface area (Å²) in [6.07, 6.45) is 10.0. The van der Waals surface area contributed by atoms with Gasteiger partial charge in [-0.1, -0.05) is 43.7 Å². The molecule has 2 aliphatic heterocycles. The summed E-state index contributed by atoms with van der Waals surface area (Å²) < 4.78 is 149. The molecule has 4 rings (SSSR count). The van der Waals surface area contributed by atoms with Crippen molar-refractivity contribution in [2.45, 2.75) is 55.2 Å². The molecule has 0 aliphatic carbocycles. The fraction of sp³-hybridized carbons (Fsp3) is 0.344. The van der Waals surface area contributed by atoms with Gasteiger partial charge in [0.05, 0.1) is 16.7 Å². The van der Waals surface area contributed by atoms with Crippen LogP contribution >= 0.6 is 22.6 Å². The van der Waals surface area contributed by atoms with Crippen LogP contribution in [0.15, 0.2) is 81.8 Å². The number of anilines is 1. The van der Waals surface area contributed by atoms with Crippen molar-refractivity contribution in [3.8, 4) is 0 Å². The van der Waals surface area contributed by atoms with Crippen LogP contribution in [0.3, 0.4) is 0 Å². The molecule has 2 heterocycles. The topological polar surface area (TPSA) is 224 Å². The average Bonchev–Trinajstić information content (AvgIpc) is 3.30. The van der Waals surface area contributed by atoms with Gasteiger partial charge in [-0.05, 0) is 73.2 Å². The molecule has 2 aromatic rings. The molecule has 0 fully saturated rings. The van der Waals surface area contributed by atoms with Gasteiger partial charge in [0, 0.05) is 39.1 Å². The highest BCUT2D eigenvalue weighted by atomic mass is 123. The van der Waals surface area contributed by atoms with Crippen LogP contribution in [0.25, 0.3) is 0 Å². The monoisotopic (exact) mass is 910 g/mol. The van der Waals surface area contributed by atoms with Crippen LogP contribution in [-0.2, 0) is 51.3 Å². The highest BCUT2D eigenvalue weighted by Crippen LogP contribution is 2.49. The smallest absolute Gasteiger partial charge is 0.297 e. The normalized spacial score (nSPS) is 18.6. The number of benzene rings is 2. The van der Waals surface area contributed by atoms with E-state index in [0.717, 1.165) is 12.1 Å². The van der Waals surface area contributed by atoms with Gasteiger partial charge < -0.3 is 4.90 Å². The van der Waals surface area contributed by atoms with Crippen LogP contribution in [0.4, 0.5) is 15.8 Å². The molecule has 0 spiro atoms. The Morgan fingerprint density at radius 1 is 0.865 bits per heavy atom. The van der Waals surface area contributed by atoms with Gasteiger partial charge in [0.2, 0.25) is 5.69 Å². The second kappa shape index (κ2) is 14.4. The van der Waals surface area contributed by atoms with Gasteiger partial charge in [-0.2, -0.15) is 38.2 Å². The van der Waals surface area contributed by atoms with E-state index in [2.05, 4.69) is 0 Å². The Kier molecular flexibility index (Phi) is 11.6. The van der Waals surface area contributed by atoms with E-state index in [0.29, 0.717) is 33.8 Å². The Labute approximate surface area is 316 Å². The molecule has 0 bridgehead atoms. The third-order valence-electron chi connectivity index (χ3n) is 8.80. The van der Waals surface area contributed by atoms with Crippen LogP contribution in [0.1, 0.15) is 45.7 Å². The predicted octanol–water partition coefficient (Wildman–Crippen LogP) is 4.82. The molecule has 14 nitrogen and oxygen atoms in total. The van der Waals surface area contributed by atoms with Crippen molar-refractivity contribution < 1.29 is 60.8 Å². The summed E-state index contributed by atoms with van der Waals surface area (Å²) in [4.78, 5) is 0.201. The molecule has 0 aromatic heterocycles. The Morgan fingerprint density at radius 2 is 1.46 bits per heavy atom. The van der Waals surface area contributed by atoms with Crippen molar-refractivity contribution in [3.63, 3.8) is 0 Å². The Bertz CT molecular complexity index is 2450. The number of fused-ring (bicyclic) bond motifs is 2. The van der Waals surface area contributed by atoms with Crippen molar-refractivity contribution in [2.75, 3.05) is 29.5 Å². The first kappa shape index (κ1) is 41.9. The van der Waals surface area contributed by atoms with Crippen molar-refractivity contribution in [2.24, 2.45) is 0 Å². The fourth-order valence-electron chi connectivity index (χ4n) is 6.36. The number of hydrogen-bond donors (Lipinski definition) is 4. The van der Waals surface area contributed by atoms with Gasteiger partial charge in [0.15, 0.2) is 12.3 Å². The lowest BCUT2D eigenvalue weighted by molar-refractivity contribution is -0.432. The number of allylic oxidation sites excluding steroid dienone is 8. The molecule has 0 atom stereocenters. The number of halogens is 2. The van der Waals surface area contributed by atoms with Crippen molar-refractivity contribution in [3.05, 3.63) is 92.5 Å². The molecule has 0 saturated heterocycles. The van der Waals surface area contributed by atoms with Crippen molar-refractivity contribution >= 4 is 80.1 Å². The first-order valence-electron chi connectivity index (χ1n) is 15.3. The van der Waals surface area contributed by atoms with Crippen molar-refractivity contribution in [1.29, 1.82) is 0 Å². The molecule has 0 radical (unpaired) electrons. The second-order valence-corrected chi connectivity index (χ2v) is 20.2. The highest BCUT2D eigenvalue weighted by Gasteiger charge is 2.47. The lowest BCUT2D eigenvalue weighted by Crippen LogP contribution is -2.30. The Hall–Kier alpha value is -2.83. The summed E-state index contributed by atoms with van der Waals surface area (Å²) in [6, 6.07) is 4.56. The fourth-order valence-corrected chi connectivity index (χ4v) is 10.3. The standard InChI is InChI=1S/C32H36FIN2O12S4/c1-20(8-6-10-27-31(2,3)21-18-26(52(46,47)48)22(33)19-24(21)36(27)15-17-50(40,41)42)9-7-11-28-32(4,5)29-23(35(28)14-16-49(37,38)39)12-13-25(30(29)34)51(43,44)45/h6-13,18-19H,14-17H2,1-5H3,(H3-,37,38,39,40,41,42,43,44,45,46,47,48)/p+1/i33-1,34-4. The maximum absolute atomic E-state index is 14.8. The van der Waals surface area contributed by atoms with Crippen LogP contribution in [0, 0.1) is 9.39 Å². The van der Waals surface area contributed by atoms with Gasteiger partial charge >= 0.3 is 0 Å². The van der Waals surface area contributed by atoms with Crippen molar-refractivity contribution in [1.82, 2.24) is 0 Å². The summed E-state index contributed by atoms with van der Waals surface area (Å²) in [5.41, 5.74) is 1.29. The van der Waals surface area contributed by atoms with Gasteiger partial charge in [-0.15, -0.1) is 0 Å². The van der Waals surface area contributed by atoms with Gasteiger partial charge in [-0.25, -0.2) is 4.39 Å². The van der Waals surface area contributed by atoms with E-state index in [4.69, 9.17) is 0 Å². The Morgan fingerprint density at radius 3 is 2.02 bits per heavy atom. The molecule has 0 amide bonds. The number of hydrogen-bond acceptors (Lipinski definition) is 9. The minimum Gasteiger partial charge on any atom is -0.343 e. The molecular weight excluding hydrogens is 874 g/mol. The average molecular weight is 911 g/mol. The first-order chi connectivity index (χ1) is 23.6. The molecule has 2 aliphatic rings. The molecular formula is C32H37FIN2O12S4+. The van der Waals surface area contributed by atoms with Crippen LogP contribution in [0.5, 0.6) is 0 Å². The minimum atomic E-state index is -4.92. The summed E-state index contributed by atoms with van der Waals surface area (Å²) in [6.45, 7) is 8.30. The Balaban J connectivity index is 1.72. The maximum Gasteiger partial charge on any atom is 0.297 e. The van der Waals surface area contributed by atoms with E-state index in [1.165, 1.54) is 17.0 Å². The predicted molar refractivity (Wildman–Crippen MR) is 201 cm³/mol. The SMILES string of the molecule is CC(/C=C/C=C1/N(CCS(=O)(=O)O)c2cc([18F])c(S(=O)(=O)O)cc2C1(C)C)=C\C=C\C1=[N+](CCS(=O)(=O)O)c2ccc(S(=O)(=O)O)c([123I])c2C1(C)C. The minimum absolute atomic E-state index is 0.155. The van der Waals surface area contributed by atoms with E-state index >= 15 is 0 Å². The quantitative estimate of drug-likeness (QED) is 0.0973. The summed E-state index contributed by atoms with van der Waals surface area (Å²) in [5, 5.41) is 0. The molecule has 2 aromatic carbocycles. The number of rotatable bonds is 12. The zero-order valence-electron chi connectivity index (χ0n) is 28.4. The summed E-state index contributed by atoms with van der Waals surface area (Å²) in [5.74, 6) is -2.58. The molecule has 0 unspecified atom stereocenters. The van der Waals surface area contributed by atoms with E-state index in [-0.39, 0.29) is 27.2 Å². The zero-order chi connectivity index (χ0) is 39.4. The van der Waals surface area contributed by atoms with Gasteiger partial charge in [0.1, 0.15) is 21.4 Å². The zero-order valence-corrected chi connectivity index (χ0v) is 33.9. The number of nitrogens with zero attached hydrogens (tertiary/aromatic N) is 2. The van der Waals surface area contributed by atoms with Crippen LogP contribution < -0.4 is 4.90 Å². The largest absolute Gasteiger partial charge is 0.343 e. The van der Waals surface area contributed by atoms with Crippen LogP contribution in [0.2, 0.25) is 0 Å². The van der Waals surface area contributed by atoms with E-state index in [1.54, 1.807) is 75.7 Å². The van der Waals surface area contributed by atoms with E-state index in [9.17, 15) is 56.3 Å². The molecule has 20 heteroatoms. The van der Waals surface area contributed by atoms with Gasteiger partial charge in [0.25, 0.3) is 40.5 Å². The lowest BCUT2D eigenvalue weighted by Gasteiger charge is -2.26. The molecule has 4 N–H and O–H groups in total. The summed E-state index contributed by atoms with van der Waals surface area (Å²) in [7, 11) is -18.3. The maximum atomic E-state index is 14.8. The highest BCUT2D eigenvalue weighted by molar-refractivity contribution is 14.1. The third-order valence-corrected chi connectivity index (χ3v) is 13.5.